The average molecular weight is 387 g/mol. The van der Waals surface area contributed by atoms with E-state index in [0.717, 1.165) is 31.4 Å². The van der Waals surface area contributed by atoms with Crippen molar-refractivity contribution in [2.45, 2.75) is 38.3 Å². The maximum atomic E-state index is 12.3. The van der Waals surface area contributed by atoms with Gasteiger partial charge in [0.1, 0.15) is 5.75 Å². The Kier molecular flexibility index (Phi) is 8.58. The van der Waals surface area contributed by atoms with Crippen molar-refractivity contribution in [2.24, 2.45) is 5.92 Å². The summed E-state index contributed by atoms with van der Waals surface area (Å²) in [7, 11) is 1.67. The van der Waals surface area contributed by atoms with E-state index in [-0.39, 0.29) is 46.7 Å². The Morgan fingerprint density at radius 2 is 2.13 bits per heavy atom. The third kappa shape index (κ3) is 5.79. The quantitative estimate of drug-likeness (QED) is 0.670. The number of aromatic hydroxyl groups is 1. The highest BCUT2D eigenvalue weighted by atomic mass is 79.9. The molecule has 1 heterocycles. The summed E-state index contributed by atoms with van der Waals surface area (Å²) in [5.74, 6) is 0.105. The fourth-order valence-corrected chi connectivity index (χ4v) is 3.01. The zero-order valence-corrected chi connectivity index (χ0v) is 15.5. The summed E-state index contributed by atoms with van der Waals surface area (Å²) in [6.07, 6.45) is 2.86. The number of halogens is 1. The van der Waals surface area contributed by atoms with E-state index in [1.165, 1.54) is 0 Å². The van der Waals surface area contributed by atoms with Gasteiger partial charge in [-0.05, 0) is 43.5 Å². The van der Waals surface area contributed by atoms with E-state index in [1.807, 2.05) is 19.1 Å². The minimum absolute atomic E-state index is 0. The summed E-state index contributed by atoms with van der Waals surface area (Å²) in [5.41, 5.74) is 1.09. The van der Waals surface area contributed by atoms with Crippen LogP contribution in [0.4, 0.5) is 0 Å². The molecule has 0 saturated carbocycles. The first-order valence-electron chi connectivity index (χ1n) is 7.93. The topological polar surface area (TPSA) is 70.6 Å². The second kappa shape index (κ2) is 9.90. The molecule has 5 nitrogen and oxygen atoms in total. The molecule has 0 radical (unpaired) electrons. The van der Waals surface area contributed by atoms with Crippen LogP contribution in [-0.2, 0) is 16.0 Å². The number of phenolic OH excluding ortho intramolecular Hbond substituents is 1. The normalized spacial score (nSPS) is 19.7. The first-order chi connectivity index (χ1) is 10.6. The Balaban J connectivity index is 0.00000264. The number of phenols is 1. The molecule has 0 aromatic heterocycles. The van der Waals surface area contributed by atoms with Gasteiger partial charge in [0.05, 0.1) is 12.0 Å². The molecule has 3 N–H and O–H groups in total. The van der Waals surface area contributed by atoms with Crippen molar-refractivity contribution in [1.82, 2.24) is 10.6 Å². The second-order valence-electron chi connectivity index (χ2n) is 5.90. The zero-order valence-electron chi connectivity index (χ0n) is 13.7. The Labute approximate surface area is 148 Å². The molecule has 6 heteroatoms. The van der Waals surface area contributed by atoms with Crippen molar-refractivity contribution in [1.29, 1.82) is 0 Å². The van der Waals surface area contributed by atoms with Gasteiger partial charge in [-0.1, -0.05) is 19.1 Å². The van der Waals surface area contributed by atoms with Gasteiger partial charge in [-0.2, -0.15) is 0 Å². The highest BCUT2D eigenvalue weighted by Gasteiger charge is 2.32. The minimum atomic E-state index is -0.180. The van der Waals surface area contributed by atoms with Crippen molar-refractivity contribution in [3.63, 3.8) is 0 Å². The summed E-state index contributed by atoms with van der Waals surface area (Å²) < 4.78 is 5.54. The summed E-state index contributed by atoms with van der Waals surface area (Å²) in [6.45, 7) is 3.51. The van der Waals surface area contributed by atoms with Crippen LogP contribution in [0.5, 0.6) is 5.75 Å². The highest BCUT2D eigenvalue weighted by molar-refractivity contribution is 8.93. The van der Waals surface area contributed by atoms with E-state index in [2.05, 4.69) is 10.6 Å². The Morgan fingerprint density at radius 3 is 2.70 bits per heavy atom. The van der Waals surface area contributed by atoms with Crippen molar-refractivity contribution >= 4 is 22.9 Å². The third-order valence-electron chi connectivity index (χ3n) is 4.32. The molecule has 3 atom stereocenters. The SMILES string of the molecule is Br.CO[C@@H]([C@@H]1CCCN1)[C@@H](C)C(=O)NCCc1ccc(O)cc1. The van der Waals surface area contributed by atoms with E-state index in [9.17, 15) is 9.90 Å². The number of methoxy groups -OCH3 is 1. The largest absolute Gasteiger partial charge is 0.508 e. The van der Waals surface area contributed by atoms with Gasteiger partial charge >= 0.3 is 0 Å². The molecule has 130 valence electrons. The van der Waals surface area contributed by atoms with Gasteiger partial charge in [0.25, 0.3) is 0 Å². The summed E-state index contributed by atoms with van der Waals surface area (Å²) >= 11 is 0. The molecule has 1 aliphatic rings. The number of nitrogens with one attached hydrogen (secondary N) is 2. The second-order valence-corrected chi connectivity index (χ2v) is 5.90. The van der Waals surface area contributed by atoms with Gasteiger partial charge in [-0.3, -0.25) is 4.79 Å². The van der Waals surface area contributed by atoms with Crippen LogP contribution in [0.3, 0.4) is 0 Å². The van der Waals surface area contributed by atoms with E-state index < -0.39 is 0 Å². The number of amides is 1. The number of benzene rings is 1. The minimum Gasteiger partial charge on any atom is -0.508 e. The van der Waals surface area contributed by atoms with Crippen LogP contribution < -0.4 is 10.6 Å². The number of carbonyl (C=O) groups excluding carboxylic acids is 1. The molecule has 1 amide bonds. The molecule has 23 heavy (non-hydrogen) atoms. The van der Waals surface area contributed by atoms with Crippen LogP contribution in [-0.4, -0.2) is 43.4 Å². The van der Waals surface area contributed by atoms with Gasteiger partial charge in [-0.15, -0.1) is 17.0 Å². The lowest BCUT2D eigenvalue weighted by molar-refractivity contribution is -0.129. The molecular weight excluding hydrogens is 360 g/mol. The maximum Gasteiger partial charge on any atom is 0.225 e. The molecule has 0 unspecified atom stereocenters. The van der Waals surface area contributed by atoms with E-state index in [4.69, 9.17) is 4.74 Å². The Bertz CT molecular complexity index is 475. The molecule has 1 fully saturated rings. The van der Waals surface area contributed by atoms with Gasteiger partial charge in [0.15, 0.2) is 0 Å². The van der Waals surface area contributed by atoms with Gasteiger partial charge in [-0.25, -0.2) is 0 Å². The van der Waals surface area contributed by atoms with Crippen LogP contribution in [0.25, 0.3) is 0 Å². The van der Waals surface area contributed by atoms with Crippen molar-refractivity contribution in [3.05, 3.63) is 29.8 Å². The number of ether oxygens (including phenoxy) is 1. The monoisotopic (exact) mass is 386 g/mol. The number of hydrogen-bond donors (Lipinski definition) is 3. The predicted octanol–water partition coefficient (Wildman–Crippen LogP) is 2.03. The molecule has 2 rings (SSSR count). The number of hydrogen-bond acceptors (Lipinski definition) is 4. The molecule has 1 saturated heterocycles. The van der Waals surface area contributed by atoms with Gasteiger partial charge in [0, 0.05) is 19.7 Å². The standard InChI is InChI=1S/C17H26N2O3.BrH/c1-12(16(22-2)15-4-3-10-18-15)17(21)19-11-9-13-5-7-14(20)8-6-13;/h5-8,12,15-16,18,20H,3-4,9-11H2,1-2H3,(H,19,21);1H/t12-,15+,16-;/m1./s1. The summed E-state index contributed by atoms with van der Waals surface area (Å²) in [6, 6.07) is 7.32. The lowest BCUT2D eigenvalue weighted by Crippen LogP contribution is -2.46. The van der Waals surface area contributed by atoms with Gasteiger partial charge in [0.2, 0.25) is 5.91 Å². The van der Waals surface area contributed by atoms with Crippen LogP contribution >= 0.6 is 17.0 Å². The predicted molar refractivity (Wildman–Crippen MR) is 96.1 cm³/mol. The molecule has 0 bridgehead atoms. The highest BCUT2D eigenvalue weighted by Crippen LogP contribution is 2.19. The van der Waals surface area contributed by atoms with Crippen LogP contribution in [0.15, 0.2) is 24.3 Å². The fourth-order valence-electron chi connectivity index (χ4n) is 3.01. The molecule has 1 aromatic carbocycles. The Hall–Kier alpha value is -1.11. The molecule has 1 aliphatic heterocycles. The smallest absolute Gasteiger partial charge is 0.225 e. The lowest BCUT2D eigenvalue weighted by atomic mass is 9.95. The maximum absolute atomic E-state index is 12.3. The van der Waals surface area contributed by atoms with Crippen LogP contribution in [0.2, 0.25) is 0 Å². The van der Waals surface area contributed by atoms with Crippen LogP contribution in [0.1, 0.15) is 25.3 Å². The van der Waals surface area contributed by atoms with Crippen molar-refractivity contribution < 1.29 is 14.6 Å². The first kappa shape index (κ1) is 19.9. The van der Waals surface area contributed by atoms with Crippen molar-refractivity contribution in [2.75, 3.05) is 20.2 Å². The zero-order chi connectivity index (χ0) is 15.9. The fraction of sp³-hybridized carbons (Fsp3) is 0.588. The van der Waals surface area contributed by atoms with E-state index in [1.54, 1.807) is 19.2 Å². The lowest BCUT2D eigenvalue weighted by Gasteiger charge is -2.27. The molecule has 1 aromatic rings. The number of carbonyl (C=O) groups is 1. The van der Waals surface area contributed by atoms with Gasteiger partial charge < -0.3 is 20.5 Å². The van der Waals surface area contributed by atoms with Crippen LogP contribution in [0, 0.1) is 5.92 Å². The first-order valence-corrected chi connectivity index (χ1v) is 7.93. The third-order valence-corrected chi connectivity index (χ3v) is 4.32. The Morgan fingerprint density at radius 1 is 1.43 bits per heavy atom. The van der Waals surface area contributed by atoms with E-state index >= 15 is 0 Å². The average Bonchev–Trinajstić information content (AvgIpc) is 3.04. The van der Waals surface area contributed by atoms with E-state index in [0.29, 0.717) is 6.54 Å². The number of rotatable bonds is 7. The van der Waals surface area contributed by atoms with Crippen molar-refractivity contribution in [3.8, 4) is 5.75 Å². The summed E-state index contributed by atoms with van der Waals surface area (Å²) in [4.78, 5) is 12.3. The molecule has 0 aliphatic carbocycles. The molecular formula is C17H27BrN2O3. The summed E-state index contributed by atoms with van der Waals surface area (Å²) in [5, 5.41) is 15.6. The molecule has 0 spiro atoms.